The van der Waals surface area contributed by atoms with Gasteiger partial charge in [0.1, 0.15) is 0 Å². The average Bonchev–Trinajstić information content (AvgIpc) is 2.00. The molecule has 72 valence electrons. The number of hydrogen-bond acceptors (Lipinski definition) is 3. The van der Waals surface area contributed by atoms with Crippen LogP contribution in [0, 0.1) is 0 Å². The lowest BCUT2D eigenvalue weighted by molar-refractivity contribution is -0.141. The van der Waals surface area contributed by atoms with Crippen molar-refractivity contribution in [3.63, 3.8) is 0 Å². The standard InChI is InChI=1S/C9H19NO2/c1-4-5-6-9(2,10)7-8(11)12-3/h4-7,10H2,1-3H3. The van der Waals surface area contributed by atoms with Crippen LogP contribution in [-0.4, -0.2) is 18.6 Å². The summed E-state index contributed by atoms with van der Waals surface area (Å²) in [5, 5.41) is 0. The van der Waals surface area contributed by atoms with E-state index in [1.54, 1.807) is 0 Å². The molecule has 0 aliphatic carbocycles. The van der Waals surface area contributed by atoms with E-state index >= 15 is 0 Å². The summed E-state index contributed by atoms with van der Waals surface area (Å²) in [5.74, 6) is -0.226. The van der Waals surface area contributed by atoms with E-state index in [1.165, 1.54) is 7.11 Å². The van der Waals surface area contributed by atoms with E-state index in [0.29, 0.717) is 6.42 Å². The van der Waals surface area contributed by atoms with Gasteiger partial charge in [0.25, 0.3) is 0 Å². The minimum Gasteiger partial charge on any atom is -0.469 e. The number of hydrogen-bond donors (Lipinski definition) is 1. The summed E-state index contributed by atoms with van der Waals surface area (Å²) in [6, 6.07) is 0. The third-order valence-corrected chi connectivity index (χ3v) is 1.88. The fourth-order valence-electron chi connectivity index (χ4n) is 1.07. The number of methoxy groups -OCH3 is 1. The van der Waals surface area contributed by atoms with Crippen molar-refractivity contribution in [2.45, 2.75) is 45.1 Å². The second-order valence-corrected chi connectivity index (χ2v) is 3.51. The third kappa shape index (κ3) is 5.13. The molecule has 0 saturated heterocycles. The van der Waals surface area contributed by atoms with Gasteiger partial charge in [0.2, 0.25) is 0 Å². The van der Waals surface area contributed by atoms with Gasteiger partial charge in [-0.25, -0.2) is 0 Å². The lowest BCUT2D eigenvalue weighted by atomic mass is 9.93. The van der Waals surface area contributed by atoms with Gasteiger partial charge in [-0.3, -0.25) is 4.79 Å². The van der Waals surface area contributed by atoms with E-state index < -0.39 is 5.54 Å². The summed E-state index contributed by atoms with van der Waals surface area (Å²) >= 11 is 0. The van der Waals surface area contributed by atoms with Crippen LogP contribution in [0.1, 0.15) is 39.5 Å². The van der Waals surface area contributed by atoms with Gasteiger partial charge in [0.05, 0.1) is 13.5 Å². The van der Waals surface area contributed by atoms with Gasteiger partial charge in [-0.2, -0.15) is 0 Å². The van der Waals surface area contributed by atoms with E-state index in [1.807, 2.05) is 6.92 Å². The molecule has 0 fully saturated rings. The molecule has 0 spiro atoms. The summed E-state index contributed by atoms with van der Waals surface area (Å²) in [6.45, 7) is 3.99. The number of esters is 1. The lowest BCUT2D eigenvalue weighted by Gasteiger charge is -2.22. The first-order valence-electron chi connectivity index (χ1n) is 4.37. The quantitative estimate of drug-likeness (QED) is 0.640. The van der Waals surface area contributed by atoms with E-state index in [-0.39, 0.29) is 5.97 Å². The molecule has 0 amide bonds. The van der Waals surface area contributed by atoms with Gasteiger partial charge in [-0.15, -0.1) is 0 Å². The Morgan fingerprint density at radius 3 is 2.58 bits per heavy atom. The third-order valence-electron chi connectivity index (χ3n) is 1.88. The van der Waals surface area contributed by atoms with Crippen LogP contribution in [0.3, 0.4) is 0 Å². The molecule has 0 rings (SSSR count). The first-order chi connectivity index (χ1) is 5.52. The van der Waals surface area contributed by atoms with Crippen molar-refractivity contribution in [1.82, 2.24) is 0 Å². The number of carbonyl (C=O) groups excluding carboxylic acids is 1. The largest absolute Gasteiger partial charge is 0.469 e. The Hall–Kier alpha value is -0.570. The van der Waals surface area contributed by atoms with Crippen LogP contribution in [0.4, 0.5) is 0 Å². The Labute approximate surface area is 74.3 Å². The Balaban J connectivity index is 3.77. The molecule has 0 heterocycles. The first kappa shape index (κ1) is 11.4. The maximum atomic E-state index is 10.9. The molecule has 0 aromatic carbocycles. The predicted molar refractivity (Wildman–Crippen MR) is 48.8 cm³/mol. The van der Waals surface area contributed by atoms with Gasteiger partial charge in [0, 0.05) is 5.54 Å². The minimum absolute atomic E-state index is 0.226. The molecule has 0 aromatic rings. The number of unbranched alkanes of at least 4 members (excludes halogenated alkanes) is 1. The summed E-state index contributed by atoms with van der Waals surface area (Å²) in [5.41, 5.74) is 5.48. The molecule has 12 heavy (non-hydrogen) atoms. The monoisotopic (exact) mass is 173 g/mol. The summed E-state index contributed by atoms with van der Waals surface area (Å²) < 4.78 is 4.55. The number of ether oxygens (including phenoxy) is 1. The molecule has 1 unspecified atom stereocenters. The summed E-state index contributed by atoms with van der Waals surface area (Å²) in [7, 11) is 1.39. The van der Waals surface area contributed by atoms with Gasteiger partial charge < -0.3 is 10.5 Å². The zero-order valence-electron chi connectivity index (χ0n) is 8.22. The normalized spacial score (nSPS) is 15.3. The molecule has 1 atom stereocenters. The molecule has 0 bridgehead atoms. The van der Waals surface area contributed by atoms with Crippen molar-refractivity contribution in [3.8, 4) is 0 Å². The van der Waals surface area contributed by atoms with Crippen LogP contribution >= 0.6 is 0 Å². The molecule has 2 N–H and O–H groups in total. The SMILES string of the molecule is CCCCC(C)(N)CC(=O)OC. The van der Waals surface area contributed by atoms with Crippen LogP contribution in [0.2, 0.25) is 0 Å². The summed E-state index contributed by atoms with van der Waals surface area (Å²) in [4.78, 5) is 10.9. The molecule has 3 nitrogen and oxygen atoms in total. The fourth-order valence-corrected chi connectivity index (χ4v) is 1.07. The van der Waals surface area contributed by atoms with E-state index in [0.717, 1.165) is 19.3 Å². The molecule has 0 radical (unpaired) electrons. The zero-order valence-corrected chi connectivity index (χ0v) is 8.22. The molecule has 3 heteroatoms. The first-order valence-corrected chi connectivity index (χ1v) is 4.37. The second-order valence-electron chi connectivity index (χ2n) is 3.51. The van der Waals surface area contributed by atoms with Gasteiger partial charge >= 0.3 is 5.97 Å². The minimum atomic E-state index is -0.400. The van der Waals surface area contributed by atoms with Crippen molar-refractivity contribution in [3.05, 3.63) is 0 Å². The van der Waals surface area contributed by atoms with Crippen molar-refractivity contribution >= 4 is 5.97 Å². The van der Waals surface area contributed by atoms with Crippen molar-refractivity contribution in [1.29, 1.82) is 0 Å². The smallest absolute Gasteiger partial charge is 0.307 e. The number of rotatable bonds is 5. The highest BCUT2D eigenvalue weighted by Gasteiger charge is 2.21. The molecular formula is C9H19NO2. The molecule has 0 saturated carbocycles. The fraction of sp³-hybridized carbons (Fsp3) is 0.889. The highest BCUT2D eigenvalue weighted by atomic mass is 16.5. The van der Waals surface area contributed by atoms with Crippen molar-refractivity contribution in [2.75, 3.05) is 7.11 Å². The average molecular weight is 173 g/mol. The van der Waals surface area contributed by atoms with Crippen LogP contribution in [-0.2, 0) is 9.53 Å². The molecule has 0 aliphatic heterocycles. The topological polar surface area (TPSA) is 52.3 Å². The van der Waals surface area contributed by atoms with Crippen LogP contribution in [0.5, 0.6) is 0 Å². The van der Waals surface area contributed by atoms with E-state index in [4.69, 9.17) is 5.73 Å². The number of carbonyl (C=O) groups is 1. The molecule has 0 aliphatic rings. The van der Waals surface area contributed by atoms with Crippen molar-refractivity contribution in [2.24, 2.45) is 5.73 Å². The molecular weight excluding hydrogens is 154 g/mol. The van der Waals surface area contributed by atoms with Gasteiger partial charge in [-0.1, -0.05) is 19.8 Å². The van der Waals surface area contributed by atoms with Gasteiger partial charge in [-0.05, 0) is 13.3 Å². The predicted octanol–water partition coefficient (Wildman–Crippen LogP) is 1.46. The Morgan fingerprint density at radius 2 is 2.17 bits per heavy atom. The van der Waals surface area contributed by atoms with Crippen LogP contribution < -0.4 is 5.73 Å². The zero-order chi connectivity index (χ0) is 9.61. The van der Waals surface area contributed by atoms with E-state index in [9.17, 15) is 4.79 Å². The van der Waals surface area contributed by atoms with Crippen LogP contribution in [0.25, 0.3) is 0 Å². The van der Waals surface area contributed by atoms with Crippen LogP contribution in [0.15, 0.2) is 0 Å². The highest BCUT2D eigenvalue weighted by Crippen LogP contribution is 2.15. The highest BCUT2D eigenvalue weighted by molar-refractivity contribution is 5.70. The maximum absolute atomic E-state index is 10.9. The Kier molecular flexibility index (Phi) is 4.90. The number of nitrogens with two attached hydrogens (primary N) is 1. The second kappa shape index (κ2) is 5.14. The summed E-state index contributed by atoms with van der Waals surface area (Å²) in [6.07, 6.45) is 3.35. The van der Waals surface area contributed by atoms with Gasteiger partial charge in [0.15, 0.2) is 0 Å². The molecule has 0 aromatic heterocycles. The Bertz CT molecular complexity index is 143. The Morgan fingerprint density at radius 1 is 1.58 bits per heavy atom. The lowest BCUT2D eigenvalue weighted by Crippen LogP contribution is -2.38. The maximum Gasteiger partial charge on any atom is 0.307 e. The van der Waals surface area contributed by atoms with E-state index in [2.05, 4.69) is 11.7 Å². The van der Waals surface area contributed by atoms with Crippen molar-refractivity contribution < 1.29 is 9.53 Å².